The second kappa shape index (κ2) is 3.87. The highest BCUT2D eigenvalue weighted by atomic mass is 16.5. The Hall–Kier alpha value is -0.610. The minimum Gasteiger partial charge on any atom is -0.380 e. The van der Waals surface area contributed by atoms with Crippen molar-refractivity contribution >= 4 is 5.91 Å². The van der Waals surface area contributed by atoms with Crippen molar-refractivity contribution in [3.8, 4) is 0 Å². The highest BCUT2D eigenvalue weighted by molar-refractivity contribution is 5.84. The van der Waals surface area contributed by atoms with Crippen molar-refractivity contribution in [1.82, 2.24) is 10.2 Å². The molecule has 0 aliphatic carbocycles. The van der Waals surface area contributed by atoms with Crippen molar-refractivity contribution in [2.24, 2.45) is 5.41 Å². The first-order valence-electron chi connectivity index (χ1n) is 5.30. The quantitative estimate of drug-likeness (QED) is 0.637. The third-order valence-electron chi connectivity index (χ3n) is 3.06. The summed E-state index contributed by atoms with van der Waals surface area (Å²) in [6, 6.07) is 0. The Morgan fingerprint density at radius 3 is 2.79 bits per heavy atom. The number of nitrogens with one attached hydrogen (secondary N) is 1. The number of hydrogen-bond acceptors (Lipinski definition) is 3. The summed E-state index contributed by atoms with van der Waals surface area (Å²) in [4.78, 5) is 14.0. The molecule has 0 atom stereocenters. The van der Waals surface area contributed by atoms with Crippen LogP contribution in [-0.4, -0.2) is 50.2 Å². The molecule has 0 saturated carbocycles. The summed E-state index contributed by atoms with van der Waals surface area (Å²) in [6.45, 7) is 6.78. The van der Waals surface area contributed by atoms with Gasteiger partial charge in [0.25, 0.3) is 0 Å². The lowest BCUT2D eigenvalue weighted by atomic mass is 9.82. The van der Waals surface area contributed by atoms with Gasteiger partial charge in [-0.1, -0.05) is 0 Å². The Balaban J connectivity index is 1.95. The fourth-order valence-corrected chi connectivity index (χ4v) is 1.98. The van der Waals surface area contributed by atoms with E-state index in [1.165, 1.54) is 0 Å². The summed E-state index contributed by atoms with van der Waals surface area (Å²) in [5, 5.41) is 3.16. The molecule has 4 nitrogen and oxygen atoms in total. The van der Waals surface area contributed by atoms with Crippen molar-refractivity contribution in [3.05, 3.63) is 0 Å². The number of ether oxygens (including phenoxy) is 1. The Morgan fingerprint density at radius 2 is 2.14 bits per heavy atom. The third kappa shape index (κ3) is 1.77. The SMILES string of the molecule is CC1(C(=O)N2CCCOCC2)CNC1. The molecule has 0 aromatic heterocycles. The van der Waals surface area contributed by atoms with Crippen LogP contribution in [0.1, 0.15) is 13.3 Å². The van der Waals surface area contributed by atoms with Gasteiger partial charge in [0.15, 0.2) is 0 Å². The van der Waals surface area contributed by atoms with Crippen LogP contribution in [0.2, 0.25) is 0 Å². The van der Waals surface area contributed by atoms with E-state index in [9.17, 15) is 4.79 Å². The monoisotopic (exact) mass is 198 g/mol. The zero-order chi connectivity index (χ0) is 10.0. The summed E-state index contributed by atoms with van der Waals surface area (Å²) in [5.74, 6) is 0.293. The number of carbonyl (C=O) groups is 1. The van der Waals surface area contributed by atoms with Gasteiger partial charge in [0, 0.05) is 32.8 Å². The van der Waals surface area contributed by atoms with Crippen LogP contribution in [0.4, 0.5) is 0 Å². The summed E-state index contributed by atoms with van der Waals surface area (Å²) in [7, 11) is 0. The Labute approximate surface area is 84.6 Å². The molecule has 2 aliphatic heterocycles. The maximum absolute atomic E-state index is 12.1. The molecular weight excluding hydrogens is 180 g/mol. The molecule has 2 aliphatic rings. The van der Waals surface area contributed by atoms with E-state index in [0.29, 0.717) is 12.5 Å². The van der Waals surface area contributed by atoms with Gasteiger partial charge in [0.05, 0.1) is 12.0 Å². The first-order valence-corrected chi connectivity index (χ1v) is 5.30. The van der Waals surface area contributed by atoms with Gasteiger partial charge >= 0.3 is 0 Å². The molecule has 2 rings (SSSR count). The lowest BCUT2D eigenvalue weighted by Gasteiger charge is -2.41. The van der Waals surface area contributed by atoms with E-state index in [-0.39, 0.29) is 5.41 Å². The highest BCUT2D eigenvalue weighted by Gasteiger charge is 2.41. The van der Waals surface area contributed by atoms with E-state index < -0.39 is 0 Å². The number of amides is 1. The number of hydrogen-bond donors (Lipinski definition) is 1. The standard InChI is InChI=1S/C10H18N2O2/c1-10(7-11-8-10)9(13)12-3-2-5-14-6-4-12/h11H,2-8H2,1H3. The smallest absolute Gasteiger partial charge is 0.231 e. The normalized spacial score (nSPS) is 26.5. The van der Waals surface area contributed by atoms with Crippen molar-refractivity contribution < 1.29 is 9.53 Å². The highest BCUT2D eigenvalue weighted by Crippen LogP contribution is 2.24. The fourth-order valence-electron chi connectivity index (χ4n) is 1.98. The molecule has 2 heterocycles. The summed E-state index contributed by atoms with van der Waals surface area (Å²) in [5.41, 5.74) is -0.148. The molecule has 0 aromatic carbocycles. The molecule has 4 heteroatoms. The Kier molecular flexibility index (Phi) is 2.74. The second-order valence-corrected chi connectivity index (χ2v) is 4.42. The van der Waals surface area contributed by atoms with Gasteiger partial charge in [-0.15, -0.1) is 0 Å². The van der Waals surface area contributed by atoms with Crippen LogP contribution in [-0.2, 0) is 9.53 Å². The van der Waals surface area contributed by atoms with Gasteiger partial charge in [-0.3, -0.25) is 4.79 Å². The molecule has 0 spiro atoms. The van der Waals surface area contributed by atoms with Gasteiger partial charge in [0.2, 0.25) is 5.91 Å². The largest absolute Gasteiger partial charge is 0.380 e. The van der Waals surface area contributed by atoms with Gasteiger partial charge < -0.3 is 15.0 Å². The van der Waals surface area contributed by atoms with Crippen LogP contribution in [0.15, 0.2) is 0 Å². The van der Waals surface area contributed by atoms with E-state index in [1.807, 2.05) is 11.8 Å². The summed E-state index contributed by atoms with van der Waals surface area (Å²) in [6.07, 6.45) is 0.968. The minimum absolute atomic E-state index is 0.148. The van der Waals surface area contributed by atoms with Crippen LogP contribution < -0.4 is 5.32 Å². The summed E-state index contributed by atoms with van der Waals surface area (Å²) >= 11 is 0. The van der Waals surface area contributed by atoms with Crippen LogP contribution in [0.25, 0.3) is 0 Å². The molecule has 1 N–H and O–H groups in total. The second-order valence-electron chi connectivity index (χ2n) is 4.42. The van der Waals surface area contributed by atoms with Crippen LogP contribution in [0.5, 0.6) is 0 Å². The van der Waals surface area contributed by atoms with Crippen molar-refractivity contribution in [3.63, 3.8) is 0 Å². The zero-order valence-corrected chi connectivity index (χ0v) is 8.71. The Morgan fingerprint density at radius 1 is 1.36 bits per heavy atom. The van der Waals surface area contributed by atoms with E-state index in [2.05, 4.69) is 5.32 Å². The van der Waals surface area contributed by atoms with Crippen LogP contribution in [0, 0.1) is 5.41 Å². The van der Waals surface area contributed by atoms with Crippen LogP contribution >= 0.6 is 0 Å². The molecule has 0 unspecified atom stereocenters. The molecule has 0 aromatic rings. The van der Waals surface area contributed by atoms with Crippen molar-refractivity contribution in [1.29, 1.82) is 0 Å². The molecule has 1 amide bonds. The molecule has 2 fully saturated rings. The molecule has 0 bridgehead atoms. The molecule has 0 radical (unpaired) electrons. The predicted molar refractivity (Wildman–Crippen MR) is 53.0 cm³/mol. The van der Waals surface area contributed by atoms with Gasteiger partial charge in [-0.05, 0) is 13.3 Å². The van der Waals surface area contributed by atoms with Crippen molar-refractivity contribution in [2.75, 3.05) is 39.4 Å². The Bertz CT molecular complexity index is 218. The van der Waals surface area contributed by atoms with Crippen molar-refractivity contribution in [2.45, 2.75) is 13.3 Å². The third-order valence-corrected chi connectivity index (χ3v) is 3.06. The van der Waals surface area contributed by atoms with Crippen LogP contribution in [0.3, 0.4) is 0 Å². The number of rotatable bonds is 1. The topological polar surface area (TPSA) is 41.6 Å². The van der Waals surface area contributed by atoms with Gasteiger partial charge in [0.1, 0.15) is 0 Å². The first kappa shape index (κ1) is 9.93. The first-order chi connectivity index (χ1) is 6.72. The molecule has 80 valence electrons. The summed E-state index contributed by atoms with van der Waals surface area (Å²) < 4.78 is 5.33. The predicted octanol–water partition coefficient (Wildman–Crippen LogP) is -0.155. The number of nitrogens with zero attached hydrogens (tertiary/aromatic N) is 1. The average molecular weight is 198 g/mol. The molecular formula is C10H18N2O2. The lowest BCUT2D eigenvalue weighted by molar-refractivity contribution is -0.144. The van der Waals surface area contributed by atoms with E-state index in [0.717, 1.165) is 39.2 Å². The van der Waals surface area contributed by atoms with E-state index in [1.54, 1.807) is 0 Å². The van der Waals surface area contributed by atoms with E-state index in [4.69, 9.17) is 4.74 Å². The van der Waals surface area contributed by atoms with E-state index >= 15 is 0 Å². The maximum atomic E-state index is 12.1. The maximum Gasteiger partial charge on any atom is 0.231 e. The molecule has 14 heavy (non-hydrogen) atoms. The lowest BCUT2D eigenvalue weighted by Crippen LogP contribution is -2.60. The average Bonchev–Trinajstić information content (AvgIpc) is 2.41. The van der Waals surface area contributed by atoms with Gasteiger partial charge in [-0.25, -0.2) is 0 Å². The minimum atomic E-state index is -0.148. The number of carbonyl (C=O) groups excluding carboxylic acids is 1. The zero-order valence-electron chi connectivity index (χ0n) is 8.71. The molecule has 2 saturated heterocycles. The van der Waals surface area contributed by atoms with Gasteiger partial charge in [-0.2, -0.15) is 0 Å². The fraction of sp³-hybridized carbons (Fsp3) is 0.900.